The number of rotatable bonds is 6. The predicted octanol–water partition coefficient (Wildman–Crippen LogP) is 4.21. The van der Waals surface area contributed by atoms with Crippen LogP contribution in [0.5, 0.6) is 0 Å². The van der Waals surface area contributed by atoms with E-state index in [-0.39, 0.29) is 18.1 Å². The Morgan fingerprint density at radius 2 is 2.00 bits per heavy atom. The number of nitrogens with zero attached hydrogens (tertiary/aromatic N) is 1. The van der Waals surface area contributed by atoms with Crippen LogP contribution in [0.15, 0.2) is 24.4 Å². The van der Waals surface area contributed by atoms with Crippen molar-refractivity contribution in [2.45, 2.75) is 19.0 Å². The quantitative estimate of drug-likeness (QED) is 0.580. The predicted molar refractivity (Wildman–Crippen MR) is 91.2 cm³/mol. The summed E-state index contributed by atoms with van der Waals surface area (Å²) in [6, 6.07) is 4.62. The number of hydrogen-bond donors (Lipinski definition) is 2. The molecule has 0 aliphatic rings. The number of ketones is 1. The Bertz CT molecular complexity index is 723. The Balaban J connectivity index is 0.00000288. The minimum Gasteiger partial charge on any atom is -0.384 e. The van der Waals surface area contributed by atoms with Crippen molar-refractivity contribution in [1.29, 1.82) is 0 Å². The average Bonchev–Trinajstić information content (AvgIpc) is 2.49. The van der Waals surface area contributed by atoms with Gasteiger partial charge in [-0.15, -0.1) is 12.4 Å². The number of alkyl halides is 3. The number of carbonyl (C=O) groups is 1. The summed E-state index contributed by atoms with van der Waals surface area (Å²) in [5.74, 6) is -1.93. The van der Waals surface area contributed by atoms with Crippen LogP contribution in [0.1, 0.15) is 23.2 Å². The van der Waals surface area contributed by atoms with Crippen molar-refractivity contribution < 1.29 is 18.0 Å². The van der Waals surface area contributed by atoms with Gasteiger partial charge in [0.25, 0.3) is 5.78 Å². The summed E-state index contributed by atoms with van der Waals surface area (Å²) >= 11 is 5.87. The normalized spacial score (nSPS) is 11.2. The third-order valence-electron chi connectivity index (χ3n) is 3.27. The first kappa shape index (κ1) is 20.5. The van der Waals surface area contributed by atoms with E-state index in [0.29, 0.717) is 35.4 Å². The molecule has 0 saturated heterocycles. The average molecular weight is 382 g/mol. The van der Waals surface area contributed by atoms with Crippen LogP contribution in [0.4, 0.5) is 18.9 Å². The van der Waals surface area contributed by atoms with Crippen LogP contribution in [0.3, 0.4) is 0 Å². The van der Waals surface area contributed by atoms with Crippen LogP contribution in [0.2, 0.25) is 5.02 Å². The molecule has 0 fully saturated rings. The van der Waals surface area contributed by atoms with Gasteiger partial charge in [-0.3, -0.25) is 9.78 Å². The van der Waals surface area contributed by atoms with Crippen molar-refractivity contribution in [1.82, 2.24) is 4.98 Å². The molecule has 0 saturated carbocycles. The van der Waals surface area contributed by atoms with E-state index in [1.54, 1.807) is 12.1 Å². The van der Waals surface area contributed by atoms with Gasteiger partial charge in [-0.1, -0.05) is 11.6 Å². The summed E-state index contributed by atoms with van der Waals surface area (Å²) in [5, 5.41) is 3.73. The van der Waals surface area contributed by atoms with Gasteiger partial charge >= 0.3 is 6.18 Å². The van der Waals surface area contributed by atoms with E-state index in [1.165, 1.54) is 6.07 Å². The lowest BCUT2D eigenvalue weighted by Gasteiger charge is -2.15. The molecule has 2 aromatic rings. The molecule has 1 aromatic carbocycles. The van der Waals surface area contributed by atoms with Crippen LogP contribution >= 0.6 is 24.0 Å². The number of aromatic nitrogens is 1. The lowest BCUT2D eigenvalue weighted by atomic mass is 10.1. The second-order valence-corrected chi connectivity index (χ2v) is 5.39. The van der Waals surface area contributed by atoms with E-state index >= 15 is 0 Å². The SMILES string of the molecule is Cl.NCCCCNc1c(C(=O)C(F)(F)F)cnc2cc(Cl)ccc12. The number of carbonyl (C=O) groups excluding carboxylic acids is 1. The number of fused-ring (bicyclic) bond motifs is 1. The molecular formula is C15H16Cl2F3N3O. The summed E-state index contributed by atoms with van der Waals surface area (Å²) < 4.78 is 38.3. The van der Waals surface area contributed by atoms with Crippen molar-refractivity contribution in [3.8, 4) is 0 Å². The van der Waals surface area contributed by atoms with Crippen molar-refractivity contribution in [3.63, 3.8) is 0 Å². The topological polar surface area (TPSA) is 68.0 Å². The fourth-order valence-electron chi connectivity index (χ4n) is 2.16. The number of nitrogens with two attached hydrogens (primary N) is 1. The second kappa shape index (κ2) is 8.50. The molecule has 0 spiro atoms. The number of hydrogen-bond acceptors (Lipinski definition) is 4. The molecule has 0 aliphatic carbocycles. The number of nitrogens with one attached hydrogen (secondary N) is 1. The highest BCUT2D eigenvalue weighted by atomic mass is 35.5. The van der Waals surface area contributed by atoms with E-state index < -0.39 is 17.5 Å². The highest BCUT2D eigenvalue weighted by molar-refractivity contribution is 6.31. The maximum Gasteiger partial charge on any atom is 0.455 e. The molecule has 3 N–H and O–H groups in total. The van der Waals surface area contributed by atoms with Crippen molar-refractivity contribution in [2.24, 2.45) is 5.73 Å². The molecule has 0 atom stereocenters. The molecule has 1 aromatic heterocycles. The molecule has 9 heteroatoms. The molecule has 0 radical (unpaired) electrons. The van der Waals surface area contributed by atoms with Crippen LogP contribution in [-0.2, 0) is 0 Å². The molecule has 0 aliphatic heterocycles. The minimum absolute atomic E-state index is 0. The number of Topliss-reactive ketones (excluding diaryl/α,β-unsaturated/α-hetero) is 1. The number of halogens is 5. The third-order valence-corrected chi connectivity index (χ3v) is 3.50. The van der Waals surface area contributed by atoms with Gasteiger partial charge in [0.1, 0.15) is 0 Å². The summed E-state index contributed by atoms with van der Waals surface area (Å²) in [5.41, 5.74) is 5.43. The molecular weight excluding hydrogens is 366 g/mol. The first-order valence-corrected chi connectivity index (χ1v) is 7.36. The van der Waals surface area contributed by atoms with Crippen molar-refractivity contribution in [2.75, 3.05) is 18.4 Å². The van der Waals surface area contributed by atoms with Gasteiger partial charge in [0.05, 0.1) is 16.8 Å². The third kappa shape index (κ3) is 4.72. The fourth-order valence-corrected chi connectivity index (χ4v) is 2.33. The van der Waals surface area contributed by atoms with E-state index in [4.69, 9.17) is 17.3 Å². The van der Waals surface area contributed by atoms with Crippen LogP contribution in [0.25, 0.3) is 10.9 Å². The largest absolute Gasteiger partial charge is 0.455 e. The van der Waals surface area contributed by atoms with Gasteiger partial charge in [-0.2, -0.15) is 13.2 Å². The Hall–Kier alpha value is -1.57. The molecule has 0 bridgehead atoms. The molecule has 0 amide bonds. The van der Waals surface area contributed by atoms with Gasteiger partial charge in [-0.05, 0) is 37.6 Å². The molecule has 1 heterocycles. The maximum atomic E-state index is 12.8. The Morgan fingerprint density at radius 1 is 1.29 bits per heavy atom. The van der Waals surface area contributed by atoms with Crippen LogP contribution in [-0.4, -0.2) is 30.0 Å². The van der Waals surface area contributed by atoms with Gasteiger partial charge in [0, 0.05) is 23.2 Å². The zero-order chi connectivity index (χ0) is 17.0. The Kier molecular flexibility index (Phi) is 7.26. The Labute approximate surface area is 148 Å². The Morgan fingerprint density at radius 3 is 2.62 bits per heavy atom. The lowest BCUT2D eigenvalue weighted by Crippen LogP contribution is -2.24. The number of unbranched alkanes of at least 4 members (excludes halogenated alkanes) is 1. The zero-order valence-electron chi connectivity index (χ0n) is 12.5. The number of anilines is 1. The van der Waals surface area contributed by atoms with E-state index in [1.807, 2.05) is 0 Å². The van der Waals surface area contributed by atoms with Crippen molar-refractivity contribution in [3.05, 3.63) is 35.0 Å². The van der Waals surface area contributed by atoms with E-state index in [0.717, 1.165) is 12.6 Å². The zero-order valence-corrected chi connectivity index (χ0v) is 14.1. The van der Waals surface area contributed by atoms with E-state index in [2.05, 4.69) is 10.3 Å². The first-order chi connectivity index (χ1) is 10.8. The van der Waals surface area contributed by atoms with Gasteiger partial charge in [0.15, 0.2) is 0 Å². The van der Waals surface area contributed by atoms with E-state index in [9.17, 15) is 18.0 Å². The van der Waals surface area contributed by atoms with Gasteiger partial charge < -0.3 is 11.1 Å². The molecule has 2 rings (SSSR count). The number of pyridine rings is 1. The summed E-state index contributed by atoms with van der Waals surface area (Å²) in [4.78, 5) is 15.6. The first-order valence-electron chi connectivity index (χ1n) is 6.98. The summed E-state index contributed by atoms with van der Waals surface area (Å²) in [6.45, 7) is 0.889. The fraction of sp³-hybridized carbons (Fsp3) is 0.333. The highest BCUT2D eigenvalue weighted by Gasteiger charge is 2.41. The highest BCUT2D eigenvalue weighted by Crippen LogP contribution is 2.32. The molecule has 132 valence electrons. The monoisotopic (exact) mass is 381 g/mol. The maximum absolute atomic E-state index is 12.8. The minimum atomic E-state index is -4.96. The lowest BCUT2D eigenvalue weighted by molar-refractivity contribution is -0.0884. The van der Waals surface area contributed by atoms with Gasteiger partial charge in [-0.25, -0.2) is 0 Å². The summed E-state index contributed by atoms with van der Waals surface area (Å²) in [7, 11) is 0. The standard InChI is InChI=1S/C15H15ClF3N3O.ClH/c16-9-3-4-10-12(7-9)22-8-11(14(23)15(17,18)19)13(10)21-6-2-1-5-20;/h3-4,7-8H,1-2,5-6,20H2,(H,21,22);1H. The molecule has 0 unspecified atom stereocenters. The van der Waals surface area contributed by atoms with Crippen molar-refractivity contribution >= 4 is 46.4 Å². The summed E-state index contributed by atoms with van der Waals surface area (Å²) in [6.07, 6.45) is -2.63. The van der Waals surface area contributed by atoms with Crippen LogP contribution in [0, 0.1) is 0 Å². The number of benzene rings is 1. The second-order valence-electron chi connectivity index (χ2n) is 4.96. The molecule has 4 nitrogen and oxygen atoms in total. The smallest absolute Gasteiger partial charge is 0.384 e. The van der Waals surface area contributed by atoms with Gasteiger partial charge in [0.2, 0.25) is 0 Å². The van der Waals surface area contributed by atoms with Crippen LogP contribution < -0.4 is 11.1 Å². The molecule has 24 heavy (non-hydrogen) atoms.